The molecule has 0 heterocycles. The van der Waals surface area contributed by atoms with Crippen molar-refractivity contribution < 1.29 is 15.1 Å². The highest BCUT2D eigenvalue weighted by atomic mass is 16.5. The Morgan fingerprint density at radius 2 is 2.07 bits per heavy atom. The van der Waals surface area contributed by atoms with Gasteiger partial charge >= 0.3 is 0 Å². The molecule has 0 aliphatic heterocycles. The van der Waals surface area contributed by atoms with Gasteiger partial charge in [-0.15, -0.1) is 0 Å². The summed E-state index contributed by atoms with van der Waals surface area (Å²) < 4.78 is 4.98. The number of hydrogen-bond donors (Lipinski definition) is 3. The van der Waals surface area contributed by atoms with Gasteiger partial charge in [0.1, 0.15) is 11.6 Å². The Morgan fingerprint density at radius 3 is 2.53 bits per heavy atom. The molecule has 15 heavy (non-hydrogen) atoms. The van der Waals surface area contributed by atoms with Gasteiger partial charge in [-0.05, 0) is 17.7 Å². The van der Waals surface area contributed by atoms with Crippen molar-refractivity contribution in [2.24, 2.45) is 10.9 Å². The molecule has 0 aromatic heterocycles. The van der Waals surface area contributed by atoms with Gasteiger partial charge in [0.15, 0.2) is 0 Å². The highest BCUT2D eigenvalue weighted by Gasteiger charge is 2.09. The second kappa shape index (κ2) is 5.21. The Hall–Kier alpha value is -1.75. The third-order valence-corrected chi connectivity index (χ3v) is 2.03. The van der Waals surface area contributed by atoms with Crippen molar-refractivity contribution in [2.45, 2.75) is 12.5 Å². The van der Waals surface area contributed by atoms with Gasteiger partial charge < -0.3 is 20.8 Å². The minimum absolute atomic E-state index is 0.00156. The maximum absolute atomic E-state index is 9.67. The van der Waals surface area contributed by atoms with E-state index in [2.05, 4.69) is 5.16 Å². The van der Waals surface area contributed by atoms with E-state index in [1.165, 1.54) is 0 Å². The smallest absolute Gasteiger partial charge is 0.142 e. The van der Waals surface area contributed by atoms with E-state index in [0.717, 1.165) is 5.75 Å². The fourth-order valence-corrected chi connectivity index (χ4v) is 1.18. The molecular formula is C10H14N2O3. The summed E-state index contributed by atoms with van der Waals surface area (Å²) in [6.07, 6.45) is -0.671. The second-order valence-electron chi connectivity index (χ2n) is 3.08. The van der Waals surface area contributed by atoms with Gasteiger partial charge in [-0.2, -0.15) is 0 Å². The second-order valence-corrected chi connectivity index (χ2v) is 3.08. The van der Waals surface area contributed by atoms with Gasteiger partial charge in [0.2, 0.25) is 0 Å². The van der Waals surface area contributed by atoms with Crippen LogP contribution in [0.4, 0.5) is 0 Å². The highest BCUT2D eigenvalue weighted by Crippen LogP contribution is 2.19. The van der Waals surface area contributed by atoms with Crippen molar-refractivity contribution in [3.8, 4) is 5.75 Å². The minimum atomic E-state index is -0.771. The lowest BCUT2D eigenvalue weighted by atomic mass is 10.1. The van der Waals surface area contributed by atoms with E-state index in [4.69, 9.17) is 15.7 Å². The number of nitrogens with two attached hydrogens (primary N) is 1. The first kappa shape index (κ1) is 11.3. The molecule has 0 spiro atoms. The molecule has 0 amide bonds. The van der Waals surface area contributed by atoms with Gasteiger partial charge in [-0.25, -0.2) is 0 Å². The maximum Gasteiger partial charge on any atom is 0.142 e. The molecule has 1 aromatic rings. The Labute approximate surface area is 87.8 Å². The van der Waals surface area contributed by atoms with Gasteiger partial charge in [-0.1, -0.05) is 17.3 Å². The minimum Gasteiger partial charge on any atom is -0.497 e. The van der Waals surface area contributed by atoms with Crippen LogP contribution in [0.25, 0.3) is 0 Å². The van der Waals surface area contributed by atoms with E-state index < -0.39 is 6.10 Å². The SMILES string of the molecule is COc1ccc([C@@H](O)C/C(N)=N/O)cc1. The van der Waals surface area contributed by atoms with Crippen molar-refractivity contribution in [1.82, 2.24) is 0 Å². The lowest BCUT2D eigenvalue weighted by Gasteiger charge is -2.10. The molecule has 5 heteroatoms. The van der Waals surface area contributed by atoms with E-state index in [-0.39, 0.29) is 12.3 Å². The summed E-state index contributed by atoms with van der Waals surface area (Å²) in [7, 11) is 1.57. The summed E-state index contributed by atoms with van der Waals surface area (Å²) in [5.41, 5.74) is 5.98. The molecule has 4 N–H and O–H groups in total. The molecule has 5 nitrogen and oxygen atoms in total. The number of rotatable bonds is 4. The Bertz CT molecular complexity index is 335. The van der Waals surface area contributed by atoms with Crippen LogP contribution in [0.3, 0.4) is 0 Å². The topological polar surface area (TPSA) is 88.1 Å². The largest absolute Gasteiger partial charge is 0.497 e. The maximum atomic E-state index is 9.67. The van der Waals surface area contributed by atoms with E-state index in [1.807, 2.05) is 0 Å². The summed E-state index contributed by atoms with van der Waals surface area (Å²) in [5, 5.41) is 20.8. The first-order valence-corrected chi connectivity index (χ1v) is 4.45. The Balaban J connectivity index is 2.69. The molecule has 0 aliphatic rings. The van der Waals surface area contributed by atoms with E-state index in [1.54, 1.807) is 31.4 Å². The number of hydrogen-bond acceptors (Lipinski definition) is 4. The van der Waals surface area contributed by atoms with Gasteiger partial charge in [0, 0.05) is 6.42 Å². The molecular weight excluding hydrogens is 196 g/mol. The van der Waals surface area contributed by atoms with Crippen molar-refractivity contribution in [2.75, 3.05) is 7.11 Å². The molecule has 0 saturated carbocycles. The van der Waals surface area contributed by atoms with Crippen LogP contribution in [0.2, 0.25) is 0 Å². The Morgan fingerprint density at radius 1 is 1.47 bits per heavy atom. The first-order chi connectivity index (χ1) is 7.17. The van der Waals surface area contributed by atoms with Crippen LogP contribution < -0.4 is 10.5 Å². The molecule has 0 fully saturated rings. The standard InChI is InChI=1S/C10H14N2O3/c1-15-8-4-2-7(3-5-8)9(13)6-10(11)12-14/h2-5,9,13-14H,6H2,1H3,(H2,11,12)/t9-/m0/s1. The highest BCUT2D eigenvalue weighted by molar-refractivity contribution is 5.80. The van der Waals surface area contributed by atoms with Gasteiger partial charge in [0.05, 0.1) is 13.2 Å². The lowest BCUT2D eigenvalue weighted by Crippen LogP contribution is -2.15. The van der Waals surface area contributed by atoms with E-state index in [0.29, 0.717) is 5.56 Å². The lowest BCUT2D eigenvalue weighted by molar-refractivity contribution is 0.184. The summed E-state index contributed by atoms with van der Waals surface area (Å²) in [5.74, 6) is 0.716. The fourth-order valence-electron chi connectivity index (χ4n) is 1.18. The molecule has 0 bridgehead atoms. The predicted molar refractivity (Wildman–Crippen MR) is 56.0 cm³/mol. The van der Waals surface area contributed by atoms with Crippen LogP contribution in [0, 0.1) is 0 Å². The molecule has 0 radical (unpaired) electrons. The number of methoxy groups -OCH3 is 1. The van der Waals surface area contributed by atoms with Gasteiger partial charge in [0.25, 0.3) is 0 Å². The molecule has 1 rings (SSSR count). The third kappa shape index (κ3) is 3.14. The monoisotopic (exact) mass is 210 g/mol. The van der Waals surface area contributed by atoms with Crippen LogP contribution in [0.5, 0.6) is 5.75 Å². The molecule has 0 unspecified atom stereocenters. The number of nitrogens with zero attached hydrogens (tertiary/aromatic N) is 1. The number of ether oxygens (including phenoxy) is 1. The van der Waals surface area contributed by atoms with E-state index >= 15 is 0 Å². The number of oxime groups is 1. The van der Waals surface area contributed by atoms with Crippen molar-refractivity contribution in [3.63, 3.8) is 0 Å². The summed E-state index contributed by atoms with van der Waals surface area (Å²) in [6.45, 7) is 0. The average molecular weight is 210 g/mol. The van der Waals surface area contributed by atoms with Gasteiger partial charge in [-0.3, -0.25) is 0 Å². The van der Waals surface area contributed by atoms with E-state index in [9.17, 15) is 5.11 Å². The fraction of sp³-hybridized carbons (Fsp3) is 0.300. The molecule has 1 aromatic carbocycles. The zero-order valence-electron chi connectivity index (χ0n) is 8.42. The normalized spacial score (nSPS) is 13.6. The van der Waals surface area contributed by atoms with Crippen molar-refractivity contribution in [1.29, 1.82) is 0 Å². The molecule has 82 valence electrons. The number of aliphatic hydroxyl groups excluding tert-OH is 1. The molecule has 1 atom stereocenters. The van der Waals surface area contributed by atoms with Crippen LogP contribution in [0.1, 0.15) is 18.1 Å². The Kier molecular flexibility index (Phi) is 3.93. The third-order valence-electron chi connectivity index (χ3n) is 2.03. The quantitative estimate of drug-likeness (QED) is 0.298. The summed E-state index contributed by atoms with van der Waals surface area (Å²) >= 11 is 0. The zero-order chi connectivity index (χ0) is 11.3. The predicted octanol–water partition coefficient (Wildman–Crippen LogP) is 0.865. The number of benzene rings is 1. The van der Waals surface area contributed by atoms with Crippen LogP contribution >= 0.6 is 0 Å². The molecule has 0 saturated heterocycles. The number of aliphatic hydroxyl groups is 1. The van der Waals surface area contributed by atoms with Crippen LogP contribution in [-0.2, 0) is 0 Å². The zero-order valence-corrected chi connectivity index (χ0v) is 8.42. The summed E-state index contributed by atoms with van der Waals surface area (Å²) in [6, 6.07) is 6.94. The molecule has 0 aliphatic carbocycles. The first-order valence-electron chi connectivity index (χ1n) is 4.45. The van der Waals surface area contributed by atoms with Crippen LogP contribution in [-0.4, -0.2) is 23.3 Å². The van der Waals surface area contributed by atoms with Crippen LogP contribution in [0.15, 0.2) is 29.4 Å². The van der Waals surface area contributed by atoms with Crippen molar-refractivity contribution in [3.05, 3.63) is 29.8 Å². The average Bonchev–Trinajstić information content (AvgIpc) is 2.29. The number of amidine groups is 1. The van der Waals surface area contributed by atoms with Crippen molar-refractivity contribution >= 4 is 5.84 Å². The summed E-state index contributed by atoms with van der Waals surface area (Å²) in [4.78, 5) is 0.